The average Bonchev–Trinajstić information content (AvgIpc) is 2.41. The predicted octanol–water partition coefficient (Wildman–Crippen LogP) is 3.46. The third kappa shape index (κ3) is 3.41. The van der Waals surface area contributed by atoms with Crippen LogP contribution in [-0.4, -0.2) is 0 Å². The van der Waals surface area contributed by atoms with Gasteiger partial charge in [-0.1, -0.05) is 29.3 Å². The summed E-state index contributed by atoms with van der Waals surface area (Å²) in [6, 6.07) is 9.05. The fourth-order valence-corrected chi connectivity index (χ4v) is 2.50. The van der Waals surface area contributed by atoms with Crippen molar-refractivity contribution < 1.29 is 4.39 Å². The minimum absolute atomic E-state index is 0.343. The standard InChI is InChI=1S/C14H14Cl2FN3/c15-9-2-1-8(12(16)6-9)5-14(20-19)11-7-10(17)3-4-13(11)18/h1-4,6-7,14,20H,5,18-19H2. The number of nitrogens with two attached hydrogens (primary N) is 2. The Balaban J connectivity index is 2.31. The second kappa shape index (κ2) is 6.41. The molecule has 0 saturated carbocycles. The number of anilines is 1. The van der Waals surface area contributed by atoms with E-state index in [0.29, 0.717) is 27.7 Å². The van der Waals surface area contributed by atoms with Crippen LogP contribution in [0.2, 0.25) is 10.0 Å². The van der Waals surface area contributed by atoms with E-state index >= 15 is 0 Å². The van der Waals surface area contributed by atoms with Crippen LogP contribution in [-0.2, 0) is 6.42 Å². The molecule has 0 amide bonds. The van der Waals surface area contributed by atoms with Crippen molar-refractivity contribution in [2.75, 3.05) is 5.73 Å². The lowest BCUT2D eigenvalue weighted by Gasteiger charge is -2.19. The fourth-order valence-electron chi connectivity index (χ4n) is 2.01. The lowest BCUT2D eigenvalue weighted by molar-refractivity contribution is 0.546. The van der Waals surface area contributed by atoms with Crippen molar-refractivity contribution in [3.8, 4) is 0 Å². The number of halogens is 3. The molecule has 0 fully saturated rings. The molecule has 6 heteroatoms. The molecule has 0 saturated heterocycles. The Morgan fingerprint density at radius 3 is 2.55 bits per heavy atom. The molecule has 2 aromatic rings. The topological polar surface area (TPSA) is 64.1 Å². The third-order valence-corrected chi connectivity index (χ3v) is 3.65. The van der Waals surface area contributed by atoms with Gasteiger partial charge in [0.05, 0.1) is 6.04 Å². The van der Waals surface area contributed by atoms with Gasteiger partial charge in [-0.15, -0.1) is 0 Å². The summed E-state index contributed by atoms with van der Waals surface area (Å²) in [5, 5.41) is 1.09. The smallest absolute Gasteiger partial charge is 0.123 e. The van der Waals surface area contributed by atoms with E-state index in [4.69, 9.17) is 34.8 Å². The van der Waals surface area contributed by atoms with Gasteiger partial charge in [-0.3, -0.25) is 11.3 Å². The number of hydrogen-bond donors (Lipinski definition) is 3. The zero-order valence-corrected chi connectivity index (χ0v) is 12.0. The van der Waals surface area contributed by atoms with Crippen LogP contribution in [0, 0.1) is 5.82 Å². The molecular formula is C14H14Cl2FN3. The molecule has 106 valence electrons. The molecule has 5 N–H and O–H groups in total. The quantitative estimate of drug-likeness (QED) is 0.460. The Hall–Kier alpha value is -1.33. The van der Waals surface area contributed by atoms with Gasteiger partial charge in [0.1, 0.15) is 5.82 Å². The van der Waals surface area contributed by atoms with Crippen LogP contribution in [0.15, 0.2) is 36.4 Å². The molecule has 2 aromatic carbocycles. The third-order valence-electron chi connectivity index (χ3n) is 3.06. The van der Waals surface area contributed by atoms with Gasteiger partial charge in [0, 0.05) is 15.7 Å². The van der Waals surface area contributed by atoms with Gasteiger partial charge in [-0.2, -0.15) is 0 Å². The normalized spacial score (nSPS) is 12.4. The van der Waals surface area contributed by atoms with Gasteiger partial charge in [-0.05, 0) is 47.9 Å². The summed E-state index contributed by atoms with van der Waals surface area (Å²) in [7, 11) is 0. The van der Waals surface area contributed by atoms with Gasteiger partial charge >= 0.3 is 0 Å². The average molecular weight is 314 g/mol. The molecule has 0 aromatic heterocycles. The summed E-state index contributed by atoms with van der Waals surface area (Å²) < 4.78 is 13.3. The second-order valence-corrected chi connectivity index (χ2v) is 5.28. The van der Waals surface area contributed by atoms with E-state index in [0.717, 1.165) is 5.56 Å². The lowest BCUT2D eigenvalue weighted by atomic mass is 9.98. The lowest BCUT2D eigenvalue weighted by Crippen LogP contribution is -2.30. The van der Waals surface area contributed by atoms with Crippen LogP contribution in [0.3, 0.4) is 0 Å². The van der Waals surface area contributed by atoms with E-state index in [1.165, 1.54) is 18.2 Å². The van der Waals surface area contributed by atoms with Crippen molar-refractivity contribution in [3.63, 3.8) is 0 Å². The first-order valence-corrected chi connectivity index (χ1v) is 6.72. The molecule has 0 spiro atoms. The maximum Gasteiger partial charge on any atom is 0.123 e. The zero-order chi connectivity index (χ0) is 14.7. The molecule has 1 unspecified atom stereocenters. The molecule has 0 bridgehead atoms. The molecule has 0 aliphatic heterocycles. The molecule has 0 aliphatic rings. The first kappa shape index (κ1) is 15.1. The van der Waals surface area contributed by atoms with Crippen LogP contribution in [0.25, 0.3) is 0 Å². The van der Waals surface area contributed by atoms with E-state index in [9.17, 15) is 4.39 Å². The first-order valence-electron chi connectivity index (χ1n) is 5.96. The van der Waals surface area contributed by atoms with Crippen molar-refractivity contribution in [2.45, 2.75) is 12.5 Å². The molecule has 0 heterocycles. The van der Waals surface area contributed by atoms with Crippen LogP contribution in [0.5, 0.6) is 0 Å². The van der Waals surface area contributed by atoms with Crippen molar-refractivity contribution in [1.82, 2.24) is 5.43 Å². The zero-order valence-electron chi connectivity index (χ0n) is 10.5. The van der Waals surface area contributed by atoms with Crippen molar-refractivity contribution in [3.05, 3.63) is 63.4 Å². The van der Waals surface area contributed by atoms with E-state index in [1.54, 1.807) is 12.1 Å². The molecule has 1 atom stereocenters. The van der Waals surface area contributed by atoms with Crippen LogP contribution < -0.4 is 17.0 Å². The monoisotopic (exact) mass is 313 g/mol. The van der Waals surface area contributed by atoms with Crippen LogP contribution in [0.4, 0.5) is 10.1 Å². The Morgan fingerprint density at radius 1 is 1.15 bits per heavy atom. The summed E-state index contributed by atoms with van der Waals surface area (Å²) in [5.41, 5.74) is 10.4. The summed E-state index contributed by atoms with van der Waals surface area (Å²) in [4.78, 5) is 0. The number of benzene rings is 2. The first-order chi connectivity index (χ1) is 9.51. The summed E-state index contributed by atoms with van der Waals surface area (Å²) >= 11 is 12.0. The molecule has 3 nitrogen and oxygen atoms in total. The summed E-state index contributed by atoms with van der Waals surface area (Å²) in [5.74, 6) is 5.19. The Bertz CT molecular complexity index is 619. The highest BCUT2D eigenvalue weighted by Gasteiger charge is 2.16. The van der Waals surface area contributed by atoms with Crippen molar-refractivity contribution in [2.24, 2.45) is 5.84 Å². The number of nitrogens with one attached hydrogen (secondary N) is 1. The van der Waals surface area contributed by atoms with Gasteiger partial charge in [0.2, 0.25) is 0 Å². The van der Waals surface area contributed by atoms with Crippen molar-refractivity contribution >= 4 is 28.9 Å². The summed E-state index contributed by atoms with van der Waals surface area (Å²) in [6.07, 6.45) is 0.472. The predicted molar refractivity (Wildman–Crippen MR) is 81.0 cm³/mol. The van der Waals surface area contributed by atoms with E-state index in [1.807, 2.05) is 6.07 Å². The number of hydrogen-bond acceptors (Lipinski definition) is 3. The van der Waals surface area contributed by atoms with Gasteiger partial charge in [-0.25, -0.2) is 4.39 Å². The second-order valence-electron chi connectivity index (χ2n) is 4.43. The molecule has 0 aliphatic carbocycles. The Labute approximate surface area is 126 Å². The maximum atomic E-state index is 13.3. The highest BCUT2D eigenvalue weighted by Crippen LogP contribution is 2.28. The maximum absolute atomic E-state index is 13.3. The molecular weight excluding hydrogens is 300 g/mol. The fraction of sp³-hybridized carbons (Fsp3) is 0.143. The van der Waals surface area contributed by atoms with Crippen LogP contribution >= 0.6 is 23.2 Å². The minimum Gasteiger partial charge on any atom is -0.398 e. The van der Waals surface area contributed by atoms with Crippen molar-refractivity contribution in [1.29, 1.82) is 0 Å². The molecule has 0 radical (unpaired) electrons. The SMILES string of the molecule is NNC(Cc1ccc(Cl)cc1Cl)c1cc(F)ccc1N. The van der Waals surface area contributed by atoms with Crippen LogP contribution in [0.1, 0.15) is 17.2 Å². The summed E-state index contributed by atoms with van der Waals surface area (Å²) in [6.45, 7) is 0. The molecule has 2 rings (SSSR count). The Kier molecular flexibility index (Phi) is 4.83. The Morgan fingerprint density at radius 2 is 1.90 bits per heavy atom. The molecule has 20 heavy (non-hydrogen) atoms. The van der Waals surface area contributed by atoms with E-state index in [-0.39, 0.29) is 11.9 Å². The minimum atomic E-state index is -0.364. The number of hydrazine groups is 1. The highest BCUT2D eigenvalue weighted by atomic mass is 35.5. The van der Waals surface area contributed by atoms with E-state index < -0.39 is 0 Å². The van der Waals surface area contributed by atoms with E-state index in [2.05, 4.69) is 5.43 Å². The van der Waals surface area contributed by atoms with Gasteiger partial charge in [0.15, 0.2) is 0 Å². The van der Waals surface area contributed by atoms with Gasteiger partial charge < -0.3 is 5.73 Å². The largest absolute Gasteiger partial charge is 0.398 e. The number of nitrogen functional groups attached to an aromatic ring is 1. The number of rotatable bonds is 4. The van der Waals surface area contributed by atoms with Gasteiger partial charge in [0.25, 0.3) is 0 Å². The highest BCUT2D eigenvalue weighted by molar-refractivity contribution is 6.35.